The van der Waals surface area contributed by atoms with Crippen molar-refractivity contribution in [3.63, 3.8) is 0 Å². The molecule has 2 rings (SSSR count). The van der Waals surface area contributed by atoms with Gasteiger partial charge >= 0.3 is 0 Å². The Bertz CT molecular complexity index is 477. The summed E-state index contributed by atoms with van der Waals surface area (Å²) in [5.74, 6) is -0.588. The average Bonchev–Trinajstić information content (AvgIpc) is 2.49. The maximum atomic E-state index is 10.9. The number of hydrogen-bond donors (Lipinski definition) is 2. The molecule has 2 aromatic heterocycles. The van der Waals surface area contributed by atoms with E-state index in [2.05, 4.69) is 9.97 Å². The van der Waals surface area contributed by atoms with E-state index in [9.17, 15) is 4.79 Å². The number of pyridine rings is 1. The molecule has 0 unspecified atom stereocenters. The number of fused-ring (bicyclic) bond motifs is 1. The largest absolute Gasteiger partial charge is 0.364 e. The molecule has 0 saturated heterocycles. The zero-order valence-corrected chi connectivity index (χ0v) is 7.30. The molecule has 0 aromatic carbocycles. The first-order valence-electron chi connectivity index (χ1n) is 3.62. The van der Waals surface area contributed by atoms with E-state index in [1.807, 2.05) is 0 Å². The van der Waals surface area contributed by atoms with Crippen molar-refractivity contribution in [3.8, 4) is 0 Å². The number of carbonyl (C=O) groups is 1. The molecule has 0 radical (unpaired) electrons. The third-order valence-corrected chi connectivity index (χ3v) is 1.94. The minimum Gasteiger partial charge on any atom is -0.364 e. The summed E-state index contributed by atoms with van der Waals surface area (Å²) in [7, 11) is 0. The van der Waals surface area contributed by atoms with Crippen LogP contribution in [0.25, 0.3) is 10.9 Å². The lowest BCUT2D eigenvalue weighted by molar-refractivity contribution is 0.0997. The molecule has 1 amide bonds. The van der Waals surface area contributed by atoms with Gasteiger partial charge in [-0.05, 0) is 12.1 Å². The first-order chi connectivity index (χ1) is 6.18. The van der Waals surface area contributed by atoms with Gasteiger partial charge in [0.1, 0.15) is 5.15 Å². The highest BCUT2D eigenvalue weighted by molar-refractivity contribution is 6.30. The number of rotatable bonds is 1. The molecular formula is C8H6ClN3O. The van der Waals surface area contributed by atoms with Crippen molar-refractivity contribution in [2.45, 2.75) is 0 Å². The van der Waals surface area contributed by atoms with E-state index in [1.165, 1.54) is 0 Å². The van der Waals surface area contributed by atoms with Crippen molar-refractivity contribution in [2.24, 2.45) is 5.73 Å². The molecule has 2 aromatic rings. The number of H-pyrrole nitrogens is 1. The van der Waals surface area contributed by atoms with Gasteiger partial charge in [0.15, 0.2) is 5.69 Å². The molecule has 2 heterocycles. The third kappa shape index (κ3) is 1.25. The fourth-order valence-electron chi connectivity index (χ4n) is 1.21. The fraction of sp³-hybridized carbons (Fsp3) is 0. The number of nitrogens with one attached hydrogen (secondary N) is 1. The maximum Gasteiger partial charge on any atom is 0.269 e. The summed E-state index contributed by atoms with van der Waals surface area (Å²) < 4.78 is 0. The summed E-state index contributed by atoms with van der Waals surface area (Å²) in [4.78, 5) is 17.7. The van der Waals surface area contributed by atoms with E-state index in [1.54, 1.807) is 18.3 Å². The molecule has 5 heteroatoms. The van der Waals surface area contributed by atoms with Gasteiger partial charge in [0.2, 0.25) is 0 Å². The fourth-order valence-corrected chi connectivity index (χ4v) is 1.41. The Morgan fingerprint density at radius 1 is 1.62 bits per heavy atom. The Labute approximate surface area is 78.7 Å². The molecule has 0 atom stereocenters. The van der Waals surface area contributed by atoms with Gasteiger partial charge in [0, 0.05) is 11.6 Å². The zero-order valence-electron chi connectivity index (χ0n) is 6.54. The first kappa shape index (κ1) is 8.07. The van der Waals surface area contributed by atoms with E-state index >= 15 is 0 Å². The van der Waals surface area contributed by atoms with Crippen LogP contribution in [-0.4, -0.2) is 15.9 Å². The first-order valence-corrected chi connectivity index (χ1v) is 3.99. The van der Waals surface area contributed by atoms with Crippen LogP contribution in [0, 0.1) is 0 Å². The lowest BCUT2D eigenvalue weighted by atomic mass is 10.2. The monoisotopic (exact) mass is 195 g/mol. The second-order valence-electron chi connectivity index (χ2n) is 2.60. The summed E-state index contributed by atoms with van der Waals surface area (Å²) in [5, 5.41) is 1.09. The molecule has 66 valence electrons. The van der Waals surface area contributed by atoms with E-state index in [-0.39, 0.29) is 10.8 Å². The molecule has 0 bridgehead atoms. The minimum atomic E-state index is -0.588. The van der Waals surface area contributed by atoms with Gasteiger partial charge in [0.05, 0.1) is 5.52 Å². The highest BCUT2D eigenvalue weighted by Crippen LogP contribution is 2.18. The zero-order chi connectivity index (χ0) is 9.42. The Morgan fingerprint density at radius 2 is 2.38 bits per heavy atom. The summed E-state index contributed by atoms with van der Waals surface area (Å²) in [6, 6.07) is 3.47. The van der Waals surface area contributed by atoms with Gasteiger partial charge in [-0.25, -0.2) is 4.98 Å². The van der Waals surface area contributed by atoms with Crippen LogP contribution in [0.3, 0.4) is 0 Å². The highest BCUT2D eigenvalue weighted by Gasteiger charge is 2.10. The molecule has 3 N–H and O–H groups in total. The van der Waals surface area contributed by atoms with Crippen LogP contribution in [0.4, 0.5) is 0 Å². The second-order valence-corrected chi connectivity index (χ2v) is 2.99. The van der Waals surface area contributed by atoms with Crippen molar-refractivity contribution >= 4 is 28.4 Å². The average molecular weight is 196 g/mol. The Morgan fingerprint density at radius 3 is 3.08 bits per heavy atom. The summed E-state index contributed by atoms with van der Waals surface area (Å²) in [6.07, 6.45) is 1.70. The van der Waals surface area contributed by atoms with E-state index in [4.69, 9.17) is 17.3 Å². The molecule has 0 fully saturated rings. The number of aromatic nitrogens is 2. The molecule has 4 nitrogen and oxygen atoms in total. The molecule has 0 spiro atoms. The van der Waals surface area contributed by atoms with Crippen LogP contribution < -0.4 is 5.73 Å². The summed E-state index contributed by atoms with van der Waals surface area (Å²) in [5.41, 5.74) is 5.92. The minimum absolute atomic E-state index is 0.174. The van der Waals surface area contributed by atoms with Gasteiger partial charge < -0.3 is 10.7 Å². The van der Waals surface area contributed by atoms with Crippen molar-refractivity contribution in [2.75, 3.05) is 0 Å². The number of carbonyl (C=O) groups excluding carboxylic acids is 1. The number of aromatic amines is 1. The topological polar surface area (TPSA) is 71.8 Å². The van der Waals surface area contributed by atoms with Crippen molar-refractivity contribution in [3.05, 3.63) is 29.2 Å². The lowest BCUT2D eigenvalue weighted by Gasteiger charge is -1.97. The Hall–Kier alpha value is -1.55. The number of hydrogen-bond acceptors (Lipinski definition) is 2. The molecule has 0 aliphatic carbocycles. The number of nitrogens with zero attached hydrogens (tertiary/aromatic N) is 1. The van der Waals surface area contributed by atoms with Crippen LogP contribution in [-0.2, 0) is 0 Å². The number of halogens is 1. The smallest absolute Gasteiger partial charge is 0.269 e. The predicted molar refractivity (Wildman–Crippen MR) is 49.6 cm³/mol. The molecule has 0 aliphatic rings. The van der Waals surface area contributed by atoms with Gasteiger partial charge in [-0.1, -0.05) is 11.6 Å². The standard InChI is InChI=1S/C8H6ClN3O/c9-5-3-4-1-2-11-6(4)7(12-5)8(10)13/h1-3,11H,(H2,10,13). The highest BCUT2D eigenvalue weighted by atomic mass is 35.5. The Balaban J connectivity index is 2.84. The van der Waals surface area contributed by atoms with Gasteiger partial charge in [-0.2, -0.15) is 0 Å². The van der Waals surface area contributed by atoms with Crippen LogP contribution in [0.2, 0.25) is 5.15 Å². The molecular weight excluding hydrogens is 190 g/mol. The van der Waals surface area contributed by atoms with Gasteiger partial charge in [-0.15, -0.1) is 0 Å². The van der Waals surface area contributed by atoms with E-state index in [0.29, 0.717) is 5.52 Å². The van der Waals surface area contributed by atoms with Crippen LogP contribution in [0.5, 0.6) is 0 Å². The number of amides is 1. The molecule has 0 aliphatic heterocycles. The van der Waals surface area contributed by atoms with Crippen molar-refractivity contribution in [1.82, 2.24) is 9.97 Å². The van der Waals surface area contributed by atoms with Crippen molar-refractivity contribution in [1.29, 1.82) is 0 Å². The number of nitrogens with two attached hydrogens (primary N) is 1. The molecule has 0 saturated carbocycles. The van der Waals surface area contributed by atoms with Crippen LogP contribution in [0.15, 0.2) is 18.3 Å². The summed E-state index contributed by atoms with van der Waals surface area (Å²) >= 11 is 5.69. The molecule has 13 heavy (non-hydrogen) atoms. The number of primary amides is 1. The normalized spacial score (nSPS) is 10.5. The lowest BCUT2D eigenvalue weighted by Crippen LogP contribution is -2.13. The second kappa shape index (κ2) is 2.74. The predicted octanol–water partition coefficient (Wildman–Crippen LogP) is 1.32. The Kier molecular flexibility index (Phi) is 1.70. The van der Waals surface area contributed by atoms with Crippen molar-refractivity contribution < 1.29 is 4.79 Å². The SMILES string of the molecule is NC(=O)c1nc(Cl)cc2cc[nH]c12. The van der Waals surface area contributed by atoms with Crippen LogP contribution >= 0.6 is 11.6 Å². The van der Waals surface area contributed by atoms with Gasteiger partial charge in [-0.3, -0.25) is 4.79 Å². The van der Waals surface area contributed by atoms with E-state index in [0.717, 1.165) is 5.39 Å². The van der Waals surface area contributed by atoms with E-state index < -0.39 is 5.91 Å². The van der Waals surface area contributed by atoms with Crippen LogP contribution in [0.1, 0.15) is 10.5 Å². The maximum absolute atomic E-state index is 10.9. The third-order valence-electron chi connectivity index (χ3n) is 1.74. The quantitative estimate of drug-likeness (QED) is 0.674. The summed E-state index contributed by atoms with van der Waals surface area (Å²) in [6.45, 7) is 0. The van der Waals surface area contributed by atoms with Gasteiger partial charge in [0.25, 0.3) is 5.91 Å².